The fourth-order valence-corrected chi connectivity index (χ4v) is 2.55. The molecule has 0 aliphatic heterocycles. The van der Waals surface area contributed by atoms with Crippen molar-refractivity contribution in [1.29, 1.82) is 0 Å². The van der Waals surface area contributed by atoms with Crippen molar-refractivity contribution in [2.75, 3.05) is 18.5 Å². The molecule has 6 heteroatoms. The fourth-order valence-electron chi connectivity index (χ4n) is 2.55. The Kier molecular flexibility index (Phi) is 4.52. The quantitative estimate of drug-likeness (QED) is 0.685. The van der Waals surface area contributed by atoms with Crippen LogP contribution in [0.15, 0.2) is 36.7 Å². The lowest BCUT2D eigenvalue weighted by Gasteiger charge is -2.08. The molecule has 2 N–H and O–H groups in total. The molecular formula is C17H21N5O. The molecule has 0 spiro atoms. The molecule has 0 saturated heterocycles. The smallest absolute Gasteiger partial charge is 0.223 e. The van der Waals surface area contributed by atoms with E-state index in [1.807, 2.05) is 28.9 Å². The molecule has 0 amide bonds. The number of anilines is 1. The second-order valence-electron chi connectivity index (χ2n) is 5.71. The van der Waals surface area contributed by atoms with Crippen molar-refractivity contribution in [2.45, 2.75) is 26.2 Å². The number of pyridine rings is 1. The van der Waals surface area contributed by atoms with Crippen LogP contribution < -0.4 is 5.32 Å². The van der Waals surface area contributed by atoms with E-state index in [4.69, 9.17) is 10.2 Å². The Hall–Kier alpha value is -2.47. The van der Waals surface area contributed by atoms with Crippen molar-refractivity contribution in [3.8, 4) is 11.3 Å². The molecule has 3 aromatic heterocycles. The lowest BCUT2D eigenvalue weighted by Crippen LogP contribution is -2.07. The van der Waals surface area contributed by atoms with Gasteiger partial charge in [0.05, 0.1) is 16.9 Å². The van der Waals surface area contributed by atoms with Crippen LogP contribution >= 0.6 is 0 Å². The van der Waals surface area contributed by atoms with Crippen LogP contribution in [0.4, 0.5) is 5.95 Å². The summed E-state index contributed by atoms with van der Waals surface area (Å²) in [4.78, 5) is 8.87. The summed E-state index contributed by atoms with van der Waals surface area (Å²) in [5, 5.41) is 16.7. The van der Waals surface area contributed by atoms with Gasteiger partial charge in [-0.15, -0.1) is 0 Å². The predicted molar refractivity (Wildman–Crippen MR) is 90.5 cm³/mol. The largest absolute Gasteiger partial charge is 0.396 e. The van der Waals surface area contributed by atoms with Crippen molar-refractivity contribution >= 4 is 11.5 Å². The van der Waals surface area contributed by atoms with Crippen molar-refractivity contribution in [3.63, 3.8) is 0 Å². The maximum Gasteiger partial charge on any atom is 0.223 e. The zero-order valence-electron chi connectivity index (χ0n) is 13.4. The van der Waals surface area contributed by atoms with Gasteiger partial charge in [0.25, 0.3) is 0 Å². The molecule has 0 saturated carbocycles. The van der Waals surface area contributed by atoms with Crippen molar-refractivity contribution in [1.82, 2.24) is 19.6 Å². The first-order valence-electron chi connectivity index (χ1n) is 7.86. The number of nitrogens with zero attached hydrogens (tertiary/aromatic N) is 4. The monoisotopic (exact) mass is 311 g/mol. The van der Waals surface area contributed by atoms with Gasteiger partial charge in [-0.25, -0.2) is 14.5 Å². The van der Waals surface area contributed by atoms with Crippen LogP contribution in [0.25, 0.3) is 16.8 Å². The zero-order chi connectivity index (χ0) is 16.2. The van der Waals surface area contributed by atoms with E-state index in [2.05, 4.69) is 35.2 Å². The molecule has 0 fully saturated rings. The summed E-state index contributed by atoms with van der Waals surface area (Å²) in [5.41, 5.74) is 3.97. The number of fused-ring (bicyclic) bond motifs is 1. The fraction of sp³-hybridized carbons (Fsp3) is 0.353. The van der Waals surface area contributed by atoms with Gasteiger partial charge in [-0.2, -0.15) is 5.10 Å². The highest BCUT2D eigenvalue weighted by Crippen LogP contribution is 2.31. The minimum Gasteiger partial charge on any atom is -0.396 e. The molecule has 0 bridgehead atoms. The average Bonchev–Trinajstić information content (AvgIpc) is 2.95. The number of hydrogen-bond donors (Lipinski definition) is 2. The van der Waals surface area contributed by atoms with Crippen LogP contribution in [0, 0.1) is 0 Å². The van der Waals surface area contributed by atoms with Crippen LogP contribution in [0.3, 0.4) is 0 Å². The highest BCUT2D eigenvalue weighted by Gasteiger charge is 2.18. The first-order valence-corrected chi connectivity index (χ1v) is 7.86. The summed E-state index contributed by atoms with van der Waals surface area (Å²) >= 11 is 0. The number of aliphatic hydroxyl groups excluding tert-OH is 1. The van der Waals surface area contributed by atoms with Crippen LogP contribution in [-0.2, 0) is 0 Å². The minimum atomic E-state index is 0.151. The van der Waals surface area contributed by atoms with Gasteiger partial charge in [-0.3, -0.25) is 0 Å². The Morgan fingerprint density at radius 2 is 2.13 bits per heavy atom. The summed E-state index contributed by atoms with van der Waals surface area (Å²) in [5.74, 6) is 0.867. The van der Waals surface area contributed by atoms with Gasteiger partial charge in [0.1, 0.15) is 0 Å². The van der Waals surface area contributed by atoms with E-state index in [9.17, 15) is 0 Å². The molecule has 3 rings (SSSR count). The molecule has 0 atom stereocenters. The van der Waals surface area contributed by atoms with Gasteiger partial charge in [-0.05, 0) is 30.5 Å². The van der Waals surface area contributed by atoms with E-state index in [-0.39, 0.29) is 6.61 Å². The molecule has 3 aromatic rings. The number of aliphatic hydroxyl groups is 1. The first kappa shape index (κ1) is 15.4. The van der Waals surface area contributed by atoms with E-state index < -0.39 is 0 Å². The maximum atomic E-state index is 8.87. The Labute approximate surface area is 135 Å². The third kappa shape index (κ3) is 3.17. The molecule has 0 aliphatic rings. The number of hydrogen-bond acceptors (Lipinski definition) is 5. The molecule has 0 aromatic carbocycles. The number of nitrogens with one attached hydrogen (secondary N) is 1. The minimum absolute atomic E-state index is 0.151. The molecule has 0 unspecified atom stereocenters. The zero-order valence-corrected chi connectivity index (χ0v) is 13.4. The standard InChI is InChI=1S/C17H21N5O/c1-12(2)16-15(14-6-3-4-10-22(14)21-16)13-7-9-19-17(20-13)18-8-5-11-23/h3-4,6-7,9-10,12,23H,5,8,11H2,1-2H3,(H,18,19,20). The maximum absolute atomic E-state index is 8.87. The highest BCUT2D eigenvalue weighted by atomic mass is 16.3. The first-order chi connectivity index (χ1) is 11.2. The normalized spacial score (nSPS) is 11.3. The van der Waals surface area contributed by atoms with Crippen molar-refractivity contribution in [3.05, 3.63) is 42.4 Å². The Balaban J connectivity index is 2.05. The van der Waals surface area contributed by atoms with Crippen molar-refractivity contribution < 1.29 is 5.11 Å². The lowest BCUT2D eigenvalue weighted by atomic mass is 10.0. The van der Waals surface area contributed by atoms with Crippen LogP contribution in [0.2, 0.25) is 0 Å². The van der Waals surface area contributed by atoms with Crippen molar-refractivity contribution in [2.24, 2.45) is 0 Å². The predicted octanol–water partition coefficient (Wildman–Crippen LogP) is 2.71. The van der Waals surface area contributed by atoms with Crippen LogP contribution in [-0.4, -0.2) is 37.8 Å². The summed E-state index contributed by atoms with van der Waals surface area (Å²) in [6.07, 6.45) is 4.37. The number of rotatable bonds is 6. The average molecular weight is 311 g/mol. The summed E-state index contributed by atoms with van der Waals surface area (Å²) in [6.45, 7) is 5.06. The number of aromatic nitrogens is 4. The third-order valence-electron chi connectivity index (χ3n) is 3.64. The second kappa shape index (κ2) is 6.75. The summed E-state index contributed by atoms with van der Waals surface area (Å²) < 4.78 is 1.89. The van der Waals surface area contributed by atoms with Gasteiger partial charge in [-0.1, -0.05) is 19.9 Å². The molecule has 6 nitrogen and oxygen atoms in total. The van der Waals surface area contributed by atoms with E-state index in [0.717, 1.165) is 22.5 Å². The van der Waals surface area contributed by atoms with E-state index in [1.54, 1.807) is 6.20 Å². The molecule has 0 radical (unpaired) electrons. The van der Waals surface area contributed by atoms with E-state index in [1.165, 1.54) is 0 Å². The van der Waals surface area contributed by atoms with Gasteiger partial charge < -0.3 is 10.4 Å². The Morgan fingerprint density at radius 1 is 1.26 bits per heavy atom. The highest BCUT2D eigenvalue weighted by molar-refractivity contribution is 5.81. The molecular weight excluding hydrogens is 290 g/mol. The van der Waals surface area contributed by atoms with Gasteiger partial charge in [0.15, 0.2) is 0 Å². The molecule has 0 aliphatic carbocycles. The Bertz CT molecular complexity index is 797. The summed E-state index contributed by atoms with van der Waals surface area (Å²) in [6, 6.07) is 7.93. The van der Waals surface area contributed by atoms with Crippen LogP contribution in [0.5, 0.6) is 0 Å². The van der Waals surface area contributed by atoms with Gasteiger partial charge in [0, 0.05) is 31.1 Å². The van der Waals surface area contributed by atoms with E-state index >= 15 is 0 Å². The van der Waals surface area contributed by atoms with E-state index in [0.29, 0.717) is 24.8 Å². The Morgan fingerprint density at radius 3 is 2.91 bits per heavy atom. The molecule has 3 heterocycles. The molecule has 120 valence electrons. The summed E-state index contributed by atoms with van der Waals surface area (Å²) in [7, 11) is 0. The SMILES string of the molecule is CC(C)c1nn2ccccc2c1-c1ccnc(NCCCO)n1. The third-order valence-corrected chi connectivity index (χ3v) is 3.64. The lowest BCUT2D eigenvalue weighted by molar-refractivity contribution is 0.292. The second-order valence-corrected chi connectivity index (χ2v) is 5.71. The topological polar surface area (TPSA) is 75.3 Å². The van der Waals surface area contributed by atoms with Gasteiger partial charge >= 0.3 is 0 Å². The van der Waals surface area contributed by atoms with Crippen LogP contribution in [0.1, 0.15) is 31.9 Å². The molecule has 23 heavy (non-hydrogen) atoms. The van der Waals surface area contributed by atoms with Gasteiger partial charge in [0.2, 0.25) is 5.95 Å².